The van der Waals surface area contributed by atoms with Gasteiger partial charge in [0.2, 0.25) is 0 Å². The third kappa shape index (κ3) is 6.12. The van der Waals surface area contributed by atoms with Gasteiger partial charge in [0.05, 0.1) is 0 Å². The number of aromatic nitrogens is 6. The second-order valence-corrected chi connectivity index (χ2v) is 11.3. The lowest BCUT2D eigenvalue weighted by Gasteiger charge is -2.10. The van der Waals surface area contributed by atoms with Crippen LogP contribution in [0.4, 0.5) is 0 Å². The SMILES string of the molecule is C[n+]1ccc(-c2ccc(-c3nc(-c4ccc(-c5cc[n+](C)cc5)cc4)nc(-c4ccc(-c5cc[n+](C)cc5)cc4)n3)cc2)cc1. The van der Waals surface area contributed by atoms with Crippen molar-refractivity contribution in [1.82, 2.24) is 15.0 Å². The molecule has 0 saturated carbocycles. The summed E-state index contributed by atoms with van der Waals surface area (Å²) in [6.45, 7) is 0. The number of nitrogens with zero attached hydrogens (tertiary/aromatic N) is 6. The van der Waals surface area contributed by atoms with Crippen LogP contribution in [0.15, 0.2) is 146 Å². The maximum Gasteiger partial charge on any atom is 0.169 e. The Bertz CT molecular complexity index is 1810. The Hall–Kier alpha value is -5.88. The quantitative estimate of drug-likeness (QED) is 0.214. The molecule has 0 atom stereocenters. The molecule has 0 aliphatic carbocycles. The molecule has 6 heteroatoms. The van der Waals surface area contributed by atoms with Gasteiger partial charge in [-0.2, -0.15) is 0 Å². The summed E-state index contributed by atoms with van der Waals surface area (Å²) in [6, 6.07) is 38.0. The van der Waals surface area contributed by atoms with Crippen LogP contribution in [0.25, 0.3) is 67.5 Å². The molecule has 0 saturated heterocycles. The maximum atomic E-state index is 4.97. The van der Waals surface area contributed by atoms with E-state index in [0.717, 1.165) is 50.1 Å². The van der Waals surface area contributed by atoms with E-state index in [9.17, 15) is 0 Å². The van der Waals surface area contributed by atoms with Crippen LogP contribution in [0.1, 0.15) is 0 Å². The average molecular weight is 586 g/mol. The van der Waals surface area contributed by atoms with Crippen molar-refractivity contribution < 1.29 is 13.7 Å². The minimum absolute atomic E-state index is 0.639. The van der Waals surface area contributed by atoms with Crippen molar-refractivity contribution >= 4 is 0 Å². The maximum absolute atomic E-state index is 4.97. The van der Waals surface area contributed by atoms with E-state index in [1.165, 1.54) is 0 Å². The van der Waals surface area contributed by atoms with Crippen LogP contribution in [0.2, 0.25) is 0 Å². The molecule has 0 fully saturated rings. The third-order valence-corrected chi connectivity index (χ3v) is 8.00. The van der Waals surface area contributed by atoms with E-state index in [2.05, 4.69) is 146 Å². The largest absolute Gasteiger partial charge is 0.208 e. The first-order valence-corrected chi connectivity index (χ1v) is 14.9. The molecule has 216 valence electrons. The van der Waals surface area contributed by atoms with Crippen LogP contribution in [0.3, 0.4) is 0 Å². The molecule has 4 aromatic heterocycles. The highest BCUT2D eigenvalue weighted by molar-refractivity contribution is 5.73. The molecule has 4 heterocycles. The van der Waals surface area contributed by atoms with E-state index in [1.807, 2.05) is 34.8 Å². The first kappa shape index (κ1) is 27.9. The Morgan fingerprint density at radius 1 is 0.267 bits per heavy atom. The second-order valence-electron chi connectivity index (χ2n) is 11.3. The van der Waals surface area contributed by atoms with Crippen molar-refractivity contribution in [3.8, 4) is 67.5 Å². The summed E-state index contributed by atoms with van der Waals surface area (Å²) in [5.74, 6) is 1.92. The first-order valence-electron chi connectivity index (χ1n) is 14.9. The van der Waals surface area contributed by atoms with Crippen LogP contribution in [-0.4, -0.2) is 15.0 Å². The van der Waals surface area contributed by atoms with Gasteiger partial charge in [-0.25, -0.2) is 28.7 Å². The van der Waals surface area contributed by atoms with Crippen LogP contribution in [-0.2, 0) is 21.1 Å². The highest BCUT2D eigenvalue weighted by Gasteiger charge is 2.14. The molecule has 7 aromatic rings. The minimum Gasteiger partial charge on any atom is -0.208 e. The predicted octanol–water partition coefficient (Wildman–Crippen LogP) is 6.35. The van der Waals surface area contributed by atoms with Gasteiger partial charge in [0, 0.05) is 53.1 Å². The first-order chi connectivity index (χ1) is 22.0. The van der Waals surface area contributed by atoms with E-state index < -0.39 is 0 Å². The summed E-state index contributed by atoms with van der Waals surface area (Å²) >= 11 is 0. The molecular weight excluding hydrogens is 552 g/mol. The summed E-state index contributed by atoms with van der Waals surface area (Å²) in [5, 5.41) is 0. The normalized spacial score (nSPS) is 11.0. The predicted molar refractivity (Wildman–Crippen MR) is 176 cm³/mol. The van der Waals surface area contributed by atoms with Crippen molar-refractivity contribution in [2.75, 3.05) is 0 Å². The van der Waals surface area contributed by atoms with Crippen molar-refractivity contribution in [2.24, 2.45) is 21.1 Å². The third-order valence-electron chi connectivity index (χ3n) is 8.00. The van der Waals surface area contributed by atoms with Gasteiger partial charge in [-0.1, -0.05) is 72.8 Å². The average Bonchev–Trinajstić information content (AvgIpc) is 3.09. The summed E-state index contributed by atoms with van der Waals surface area (Å²) in [4.78, 5) is 14.9. The topological polar surface area (TPSA) is 50.3 Å². The van der Waals surface area contributed by atoms with Gasteiger partial charge >= 0.3 is 0 Å². The Morgan fingerprint density at radius 3 is 0.667 bits per heavy atom. The van der Waals surface area contributed by atoms with Crippen LogP contribution < -0.4 is 13.7 Å². The monoisotopic (exact) mass is 585 g/mol. The van der Waals surface area contributed by atoms with Gasteiger partial charge in [0.15, 0.2) is 54.7 Å². The number of rotatable bonds is 6. The number of benzene rings is 3. The van der Waals surface area contributed by atoms with Crippen molar-refractivity contribution in [1.29, 1.82) is 0 Å². The van der Waals surface area contributed by atoms with Gasteiger partial charge in [-0.05, 0) is 33.4 Å². The highest BCUT2D eigenvalue weighted by atomic mass is 15.0. The Kier molecular flexibility index (Phi) is 7.46. The molecule has 7 rings (SSSR count). The van der Waals surface area contributed by atoms with E-state index in [-0.39, 0.29) is 0 Å². The zero-order valence-electron chi connectivity index (χ0n) is 25.5. The summed E-state index contributed by atoms with van der Waals surface area (Å²) < 4.78 is 6.10. The lowest BCUT2D eigenvalue weighted by molar-refractivity contribution is -0.671. The molecule has 0 unspecified atom stereocenters. The zero-order chi connectivity index (χ0) is 30.8. The summed E-state index contributed by atoms with van der Waals surface area (Å²) in [6.07, 6.45) is 12.3. The smallest absolute Gasteiger partial charge is 0.169 e. The van der Waals surface area contributed by atoms with Crippen molar-refractivity contribution in [2.45, 2.75) is 0 Å². The summed E-state index contributed by atoms with van der Waals surface area (Å²) in [5.41, 5.74) is 9.73. The fourth-order valence-electron chi connectivity index (χ4n) is 5.28. The fourth-order valence-corrected chi connectivity index (χ4v) is 5.28. The number of hydrogen-bond acceptors (Lipinski definition) is 3. The number of hydrogen-bond donors (Lipinski definition) is 0. The van der Waals surface area contributed by atoms with E-state index in [4.69, 9.17) is 15.0 Å². The van der Waals surface area contributed by atoms with Crippen LogP contribution in [0, 0.1) is 0 Å². The van der Waals surface area contributed by atoms with Crippen molar-refractivity contribution in [3.63, 3.8) is 0 Å². The highest BCUT2D eigenvalue weighted by Crippen LogP contribution is 2.29. The Labute approximate surface area is 263 Å². The Morgan fingerprint density at radius 2 is 0.444 bits per heavy atom. The molecule has 45 heavy (non-hydrogen) atoms. The minimum atomic E-state index is 0.639. The van der Waals surface area contributed by atoms with Gasteiger partial charge in [0.1, 0.15) is 21.1 Å². The van der Waals surface area contributed by atoms with E-state index in [1.54, 1.807) is 0 Å². The standard InChI is InChI=1S/C39H33N6/c1-43-22-16-31(17-23-43)28-4-10-34(11-5-28)37-40-38(35-12-6-29(7-13-35)32-18-24-44(2)25-19-32)42-39(41-37)36-14-8-30(9-15-36)33-20-26-45(3)27-21-33/h4-27H,1-3H3/q+3. The fraction of sp³-hybridized carbons (Fsp3) is 0.0769. The Balaban J connectivity index is 1.27. The number of aryl methyl sites for hydroxylation is 3. The second kappa shape index (κ2) is 12.0. The molecule has 6 nitrogen and oxygen atoms in total. The molecule has 0 aliphatic heterocycles. The van der Waals surface area contributed by atoms with Crippen LogP contribution in [0.5, 0.6) is 0 Å². The molecule has 3 aromatic carbocycles. The van der Waals surface area contributed by atoms with Gasteiger partial charge in [-0.15, -0.1) is 0 Å². The lowest BCUT2D eigenvalue weighted by Crippen LogP contribution is -2.25. The molecule has 0 aliphatic rings. The number of pyridine rings is 3. The van der Waals surface area contributed by atoms with Gasteiger partial charge < -0.3 is 0 Å². The molecule has 0 radical (unpaired) electrons. The van der Waals surface area contributed by atoms with Crippen LogP contribution >= 0.6 is 0 Å². The van der Waals surface area contributed by atoms with E-state index >= 15 is 0 Å². The van der Waals surface area contributed by atoms with Gasteiger partial charge in [0.25, 0.3) is 0 Å². The lowest BCUT2D eigenvalue weighted by atomic mass is 10.0. The van der Waals surface area contributed by atoms with Gasteiger partial charge in [-0.3, -0.25) is 0 Å². The molecule has 0 amide bonds. The molecular formula is C39H33N6+3. The molecule has 0 spiro atoms. The summed E-state index contributed by atoms with van der Waals surface area (Å²) in [7, 11) is 6.06. The van der Waals surface area contributed by atoms with E-state index in [0.29, 0.717) is 17.5 Å². The molecule has 0 bridgehead atoms. The van der Waals surface area contributed by atoms with Crippen molar-refractivity contribution in [3.05, 3.63) is 146 Å². The zero-order valence-corrected chi connectivity index (χ0v) is 25.5. The molecule has 0 N–H and O–H groups in total.